The number of nitrogens with zero attached hydrogens (tertiary/aromatic N) is 3. The minimum Gasteiger partial charge on any atom is -0.548 e. The second kappa shape index (κ2) is 8.07. The maximum atomic E-state index is 12.7. The smallest absolute Gasteiger partial charge is 0.278 e. The van der Waals surface area contributed by atoms with Gasteiger partial charge in [0.25, 0.3) is 5.56 Å². The monoisotopic (exact) mass is 359 g/mol. The van der Waals surface area contributed by atoms with Gasteiger partial charge < -0.3 is 15.2 Å². The second-order valence-electron chi connectivity index (χ2n) is 7.05. The van der Waals surface area contributed by atoms with Crippen LogP contribution < -0.4 is 16.0 Å². The third-order valence-corrected chi connectivity index (χ3v) is 4.06. The summed E-state index contributed by atoms with van der Waals surface area (Å²) in [7, 11) is 0. The summed E-state index contributed by atoms with van der Waals surface area (Å²) < 4.78 is 1.02. The molecule has 2 rings (SSSR count). The van der Waals surface area contributed by atoms with Crippen molar-refractivity contribution >= 4 is 22.8 Å². The predicted molar refractivity (Wildman–Crippen MR) is 94.1 cm³/mol. The standard InChI is InChI=1S/C18H24N4O4/c1-10(2)9-14(18(25)26)19-16(23)15(11(3)4)22-17(24)12-7-5-6-8-13(12)20-21-22/h5-8,10-11,14-15H,9H2,1-4H3,(H,19,23)(H,25,26)/p-1/t14-,15-/m0/s1. The molecule has 8 heteroatoms. The van der Waals surface area contributed by atoms with Crippen LogP contribution >= 0.6 is 0 Å². The number of carbonyl (C=O) groups excluding carboxylic acids is 2. The van der Waals surface area contributed by atoms with Gasteiger partial charge in [-0.2, -0.15) is 4.68 Å². The lowest BCUT2D eigenvalue weighted by Crippen LogP contribution is -2.52. The van der Waals surface area contributed by atoms with Crippen LogP contribution in [0.2, 0.25) is 0 Å². The summed E-state index contributed by atoms with van der Waals surface area (Å²) in [5, 5.41) is 22.0. The zero-order chi connectivity index (χ0) is 19.4. The molecule has 0 aliphatic heterocycles. The molecule has 1 N–H and O–H groups in total. The average molecular weight is 359 g/mol. The summed E-state index contributed by atoms with van der Waals surface area (Å²) in [4.78, 5) is 36.8. The first kappa shape index (κ1) is 19.6. The van der Waals surface area contributed by atoms with Gasteiger partial charge in [0.15, 0.2) is 0 Å². The van der Waals surface area contributed by atoms with Crippen LogP contribution in [0.3, 0.4) is 0 Å². The number of fused-ring (bicyclic) bond motifs is 1. The summed E-state index contributed by atoms with van der Waals surface area (Å²) in [6.07, 6.45) is 0.233. The normalized spacial score (nSPS) is 13.8. The molecule has 0 saturated heterocycles. The van der Waals surface area contributed by atoms with E-state index < -0.39 is 29.5 Å². The summed E-state index contributed by atoms with van der Waals surface area (Å²) >= 11 is 0. The van der Waals surface area contributed by atoms with Crippen molar-refractivity contribution in [1.82, 2.24) is 20.3 Å². The van der Waals surface area contributed by atoms with Crippen LogP contribution in [0.5, 0.6) is 0 Å². The Hall–Kier alpha value is -2.77. The van der Waals surface area contributed by atoms with Gasteiger partial charge in [-0.1, -0.05) is 45.0 Å². The van der Waals surface area contributed by atoms with Gasteiger partial charge in [-0.05, 0) is 30.4 Å². The van der Waals surface area contributed by atoms with Crippen molar-refractivity contribution in [3.05, 3.63) is 34.6 Å². The molecule has 2 atom stereocenters. The predicted octanol–water partition coefficient (Wildman–Crippen LogP) is 0.269. The molecule has 0 aliphatic rings. The summed E-state index contributed by atoms with van der Waals surface area (Å²) in [5.74, 6) is -2.20. The fourth-order valence-corrected chi connectivity index (χ4v) is 2.82. The molecule has 1 heterocycles. The Kier molecular flexibility index (Phi) is 6.07. The second-order valence-corrected chi connectivity index (χ2v) is 7.05. The first-order valence-electron chi connectivity index (χ1n) is 8.57. The quantitative estimate of drug-likeness (QED) is 0.758. The largest absolute Gasteiger partial charge is 0.548 e. The summed E-state index contributed by atoms with van der Waals surface area (Å²) in [5.41, 5.74) is -0.0117. The van der Waals surface area contributed by atoms with Gasteiger partial charge >= 0.3 is 0 Å². The Morgan fingerprint density at radius 3 is 2.42 bits per heavy atom. The highest BCUT2D eigenvalue weighted by Gasteiger charge is 2.29. The van der Waals surface area contributed by atoms with Crippen LogP contribution in [0.4, 0.5) is 0 Å². The third-order valence-electron chi connectivity index (χ3n) is 4.06. The SMILES string of the molecule is CC(C)C[C@H](NC(=O)[C@H](C(C)C)n1nnc2ccccc2c1=O)C(=O)[O-]. The first-order valence-corrected chi connectivity index (χ1v) is 8.57. The van der Waals surface area contributed by atoms with Crippen molar-refractivity contribution in [2.45, 2.75) is 46.2 Å². The number of aromatic nitrogens is 3. The van der Waals surface area contributed by atoms with Gasteiger partial charge in [-0.3, -0.25) is 9.59 Å². The van der Waals surface area contributed by atoms with E-state index >= 15 is 0 Å². The summed E-state index contributed by atoms with van der Waals surface area (Å²) in [6.45, 7) is 7.21. The third kappa shape index (κ3) is 4.25. The van der Waals surface area contributed by atoms with Crippen molar-refractivity contribution in [1.29, 1.82) is 0 Å². The topological polar surface area (TPSA) is 117 Å². The van der Waals surface area contributed by atoms with Crippen molar-refractivity contribution in [2.75, 3.05) is 0 Å². The van der Waals surface area contributed by atoms with Crippen LogP contribution in [0.25, 0.3) is 10.9 Å². The minimum atomic E-state index is -1.36. The van der Waals surface area contributed by atoms with Crippen molar-refractivity contribution < 1.29 is 14.7 Å². The number of carboxylic acid groups (broad SMARTS) is 1. The number of amides is 1. The molecule has 1 aromatic carbocycles. The highest BCUT2D eigenvalue weighted by Crippen LogP contribution is 2.17. The lowest BCUT2D eigenvalue weighted by molar-refractivity contribution is -0.308. The fourth-order valence-electron chi connectivity index (χ4n) is 2.82. The highest BCUT2D eigenvalue weighted by atomic mass is 16.4. The number of carbonyl (C=O) groups is 2. The number of rotatable bonds is 7. The van der Waals surface area contributed by atoms with E-state index in [1.54, 1.807) is 38.1 Å². The molecule has 0 radical (unpaired) electrons. The lowest BCUT2D eigenvalue weighted by Gasteiger charge is -2.26. The molecular weight excluding hydrogens is 336 g/mol. The number of benzene rings is 1. The lowest BCUT2D eigenvalue weighted by atomic mass is 10.0. The number of hydrogen-bond acceptors (Lipinski definition) is 6. The Labute approximate surface area is 151 Å². The van der Waals surface area contributed by atoms with Crippen LogP contribution in [-0.2, 0) is 9.59 Å². The van der Waals surface area contributed by atoms with E-state index in [1.165, 1.54) is 0 Å². The van der Waals surface area contributed by atoms with Gasteiger partial charge in [-0.25, -0.2) is 0 Å². The van der Waals surface area contributed by atoms with Crippen LogP contribution in [0, 0.1) is 11.8 Å². The number of hydrogen-bond donors (Lipinski definition) is 1. The van der Waals surface area contributed by atoms with Crippen molar-refractivity contribution in [2.24, 2.45) is 11.8 Å². The van der Waals surface area contributed by atoms with Gasteiger partial charge in [-0.15, -0.1) is 5.10 Å². The highest BCUT2D eigenvalue weighted by molar-refractivity contribution is 5.86. The number of aliphatic carboxylic acids is 1. The van der Waals surface area contributed by atoms with E-state index in [9.17, 15) is 19.5 Å². The molecule has 0 unspecified atom stereocenters. The maximum Gasteiger partial charge on any atom is 0.278 e. The minimum absolute atomic E-state index is 0.0545. The molecule has 2 aromatic rings. The molecule has 1 amide bonds. The van der Waals surface area contributed by atoms with E-state index in [0.29, 0.717) is 10.9 Å². The molecular formula is C18H23N4O4-. The average Bonchev–Trinajstić information content (AvgIpc) is 2.56. The van der Waals surface area contributed by atoms with Gasteiger partial charge in [0.1, 0.15) is 11.6 Å². The molecule has 0 spiro atoms. The summed E-state index contributed by atoms with van der Waals surface area (Å²) in [6, 6.07) is 4.61. The van der Waals surface area contributed by atoms with Crippen molar-refractivity contribution in [3.8, 4) is 0 Å². The van der Waals surface area contributed by atoms with E-state index in [-0.39, 0.29) is 18.3 Å². The van der Waals surface area contributed by atoms with Crippen LogP contribution in [0.1, 0.15) is 40.2 Å². The van der Waals surface area contributed by atoms with Gasteiger partial charge in [0.2, 0.25) is 5.91 Å². The molecule has 8 nitrogen and oxygen atoms in total. The van der Waals surface area contributed by atoms with E-state index in [0.717, 1.165) is 4.68 Å². The molecule has 0 saturated carbocycles. The Balaban J connectivity index is 2.40. The Morgan fingerprint density at radius 2 is 1.85 bits per heavy atom. The molecule has 140 valence electrons. The van der Waals surface area contributed by atoms with Gasteiger partial charge in [0, 0.05) is 0 Å². The van der Waals surface area contributed by atoms with E-state index in [4.69, 9.17) is 0 Å². The Morgan fingerprint density at radius 1 is 1.19 bits per heavy atom. The van der Waals surface area contributed by atoms with Crippen LogP contribution in [-0.4, -0.2) is 32.9 Å². The van der Waals surface area contributed by atoms with E-state index in [2.05, 4.69) is 15.6 Å². The molecule has 0 aliphatic carbocycles. The molecule has 26 heavy (non-hydrogen) atoms. The van der Waals surface area contributed by atoms with Gasteiger partial charge in [0.05, 0.1) is 17.4 Å². The molecule has 0 fully saturated rings. The van der Waals surface area contributed by atoms with Crippen molar-refractivity contribution in [3.63, 3.8) is 0 Å². The molecule has 1 aromatic heterocycles. The number of nitrogens with one attached hydrogen (secondary N) is 1. The zero-order valence-electron chi connectivity index (χ0n) is 15.3. The number of carboxylic acids is 1. The maximum absolute atomic E-state index is 12.7. The van der Waals surface area contributed by atoms with Crippen LogP contribution in [0.15, 0.2) is 29.1 Å². The zero-order valence-corrected chi connectivity index (χ0v) is 15.3. The van der Waals surface area contributed by atoms with E-state index in [1.807, 2.05) is 13.8 Å². The molecule has 0 bridgehead atoms. The Bertz CT molecular complexity index is 860. The first-order chi connectivity index (χ1) is 12.2. The fraction of sp³-hybridized carbons (Fsp3) is 0.500.